The molecule has 0 unspecified atom stereocenters. The molecule has 0 aliphatic heterocycles. The van der Waals surface area contributed by atoms with Gasteiger partial charge in [-0.15, -0.1) is 0 Å². The molecule has 21 heavy (non-hydrogen) atoms. The Morgan fingerprint density at radius 1 is 0.952 bits per heavy atom. The lowest BCUT2D eigenvalue weighted by molar-refractivity contribution is 0.0500. The fourth-order valence-electron chi connectivity index (χ4n) is 1.67. The highest BCUT2D eigenvalue weighted by Crippen LogP contribution is 2.18. The highest BCUT2D eigenvalue weighted by molar-refractivity contribution is 5.89. The number of hydrogen-bond acceptors (Lipinski definition) is 4. The Hall–Kier alpha value is -2.49. The molecular weight excluding hydrogens is 264 g/mol. The lowest BCUT2D eigenvalue weighted by Crippen LogP contribution is -2.05. The van der Waals surface area contributed by atoms with Gasteiger partial charge in [-0.25, -0.2) is 4.79 Å². The van der Waals surface area contributed by atoms with Gasteiger partial charge in [-0.3, -0.25) is 0 Å². The van der Waals surface area contributed by atoms with E-state index in [4.69, 9.17) is 4.74 Å². The fraction of sp³-hybridized carbons (Fsp3) is 0.235. The van der Waals surface area contributed by atoms with Crippen molar-refractivity contribution in [2.45, 2.75) is 19.8 Å². The number of carbonyl (C=O) groups is 1. The molecule has 108 valence electrons. The van der Waals surface area contributed by atoms with Crippen LogP contribution in [0.2, 0.25) is 0 Å². The molecule has 2 aromatic carbocycles. The van der Waals surface area contributed by atoms with Crippen molar-refractivity contribution in [2.75, 3.05) is 6.61 Å². The van der Waals surface area contributed by atoms with E-state index in [-0.39, 0.29) is 5.97 Å². The Morgan fingerprint density at radius 2 is 1.57 bits per heavy atom. The van der Waals surface area contributed by atoms with Gasteiger partial charge in [0.1, 0.15) is 0 Å². The summed E-state index contributed by atoms with van der Waals surface area (Å²) in [5.41, 5.74) is 2.02. The summed E-state index contributed by atoms with van der Waals surface area (Å²) in [6.45, 7) is 2.52. The van der Waals surface area contributed by atoms with Crippen LogP contribution in [-0.2, 0) is 4.74 Å². The van der Waals surface area contributed by atoms with E-state index in [1.807, 2.05) is 30.3 Å². The Morgan fingerprint density at radius 3 is 2.19 bits per heavy atom. The second kappa shape index (κ2) is 7.94. The molecule has 0 aliphatic rings. The molecule has 0 amide bonds. The Balaban J connectivity index is 1.96. The van der Waals surface area contributed by atoms with Crippen LogP contribution in [-0.4, -0.2) is 12.6 Å². The fourth-order valence-corrected chi connectivity index (χ4v) is 1.67. The molecule has 0 saturated heterocycles. The normalized spacial score (nSPS) is 10.7. The topological polar surface area (TPSA) is 51.0 Å². The van der Waals surface area contributed by atoms with Crippen LogP contribution < -0.4 is 0 Å². The number of benzene rings is 2. The van der Waals surface area contributed by atoms with Crippen molar-refractivity contribution in [3.05, 3.63) is 60.2 Å². The van der Waals surface area contributed by atoms with Crippen LogP contribution in [0.4, 0.5) is 11.4 Å². The SMILES string of the molecule is CCCCOC(=O)c1ccc(/N=N/c2ccccc2)cc1. The second-order valence-electron chi connectivity index (χ2n) is 4.57. The summed E-state index contributed by atoms with van der Waals surface area (Å²) in [6.07, 6.45) is 1.89. The second-order valence-corrected chi connectivity index (χ2v) is 4.57. The van der Waals surface area contributed by atoms with Crippen molar-refractivity contribution < 1.29 is 9.53 Å². The smallest absolute Gasteiger partial charge is 0.338 e. The van der Waals surface area contributed by atoms with Gasteiger partial charge in [0, 0.05) is 0 Å². The molecule has 0 fully saturated rings. The molecule has 0 aromatic heterocycles. The first-order valence-electron chi connectivity index (χ1n) is 7.03. The van der Waals surface area contributed by atoms with Gasteiger partial charge in [0.25, 0.3) is 0 Å². The van der Waals surface area contributed by atoms with Gasteiger partial charge in [0.15, 0.2) is 0 Å². The molecule has 4 heteroatoms. The minimum atomic E-state index is -0.296. The summed E-state index contributed by atoms with van der Waals surface area (Å²) in [7, 11) is 0. The number of unbranched alkanes of at least 4 members (excludes halogenated alkanes) is 1. The Kier molecular flexibility index (Phi) is 5.64. The molecule has 2 aromatic rings. The molecule has 0 heterocycles. The maximum atomic E-state index is 11.7. The quantitative estimate of drug-likeness (QED) is 0.422. The van der Waals surface area contributed by atoms with Crippen LogP contribution in [0.15, 0.2) is 64.8 Å². The van der Waals surface area contributed by atoms with E-state index >= 15 is 0 Å². The van der Waals surface area contributed by atoms with E-state index < -0.39 is 0 Å². The standard InChI is InChI=1S/C17H18N2O2/c1-2-3-13-21-17(20)14-9-11-16(12-10-14)19-18-15-7-5-4-6-8-15/h4-12H,2-3,13H2,1H3/b19-18+. The van der Waals surface area contributed by atoms with E-state index in [0.29, 0.717) is 17.9 Å². The third-order valence-corrected chi connectivity index (χ3v) is 2.87. The number of nitrogens with zero attached hydrogens (tertiary/aromatic N) is 2. The van der Waals surface area contributed by atoms with Crippen LogP contribution in [0.3, 0.4) is 0 Å². The van der Waals surface area contributed by atoms with Gasteiger partial charge in [0.05, 0.1) is 23.5 Å². The molecule has 0 spiro atoms. The number of ether oxygens (including phenoxy) is 1. The van der Waals surface area contributed by atoms with E-state index in [1.165, 1.54) is 0 Å². The first kappa shape index (κ1) is 14.9. The third kappa shape index (κ3) is 4.84. The molecule has 2 rings (SSSR count). The lowest BCUT2D eigenvalue weighted by Gasteiger charge is -2.03. The van der Waals surface area contributed by atoms with Crippen LogP contribution in [0.25, 0.3) is 0 Å². The van der Waals surface area contributed by atoms with Crippen molar-refractivity contribution in [3.63, 3.8) is 0 Å². The molecule has 0 N–H and O–H groups in total. The van der Waals surface area contributed by atoms with Crippen molar-refractivity contribution in [2.24, 2.45) is 10.2 Å². The Bertz CT molecular complexity index is 592. The number of hydrogen-bond donors (Lipinski definition) is 0. The number of esters is 1. The summed E-state index contributed by atoms with van der Waals surface area (Å²) in [5, 5.41) is 8.25. The van der Waals surface area contributed by atoms with Gasteiger partial charge in [-0.05, 0) is 42.8 Å². The van der Waals surface area contributed by atoms with Crippen LogP contribution in [0.1, 0.15) is 30.1 Å². The molecule has 4 nitrogen and oxygen atoms in total. The highest BCUT2D eigenvalue weighted by atomic mass is 16.5. The van der Waals surface area contributed by atoms with Crippen LogP contribution in [0.5, 0.6) is 0 Å². The number of rotatable bonds is 6. The van der Waals surface area contributed by atoms with Crippen molar-refractivity contribution in [1.82, 2.24) is 0 Å². The van der Waals surface area contributed by atoms with E-state index in [1.54, 1.807) is 24.3 Å². The first-order valence-corrected chi connectivity index (χ1v) is 7.03. The zero-order chi connectivity index (χ0) is 14.9. The molecule has 0 atom stereocenters. The van der Waals surface area contributed by atoms with Gasteiger partial charge >= 0.3 is 5.97 Å². The van der Waals surface area contributed by atoms with Gasteiger partial charge in [-0.2, -0.15) is 10.2 Å². The summed E-state index contributed by atoms with van der Waals surface area (Å²) < 4.78 is 5.14. The van der Waals surface area contributed by atoms with E-state index in [0.717, 1.165) is 18.5 Å². The molecular formula is C17H18N2O2. The van der Waals surface area contributed by atoms with Gasteiger partial charge in [-0.1, -0.05) is 31.5 Å². The van der Waals surface area contributed by atoms with Crippen molar-refractivity contribution >= 4 is 17.3 Å². The summed E-state index contributed by atoms with van der Waals surface area (Å²) in [4.78, 5) is 11.7. The number of azo groups is 1. The van der Waals surface area contributed by atoms with Gasteiger partial charge in [0.2, 0.25) is 0 Å². The minimum Gasteiger partial charge on any atom is -0.462 e. The molecule has 0 saturated carbocycles. The van der Waals surface area contributed by atoms with Crippen LogP contribution in [0, 0.1) is 0 Å². The van der Waals surface area contributed by atoms with E-state index in [9.17, 15) is 4.79 Å². The largest absolute Gasteiger partial charge is 0.462 e. The predicted molar refractivity (Wildman–Crippen MR) is 82.3 cm³/mol. The highest BCUT2D eigenvalue weighted by Gasteiger charge is 2.06. The zero-order valence-electron chi connectivity index (χ0n) is 12.0. The van der Waals surface area contributed by atoms with E-state index in [2.05, 4.69) is 17.2 Å². The summed E-state index contributed by atoms with van der Waals surface area (Å²) in [5.74, 6) is -0.296. The maximum Gasteiger partial charge on any atom is 0.338 e. The van der Waals surface area contributed by atoms with Crippen molar-refractivity contribution in [3.8, 4) is 0 Å². The van der Waals surface area contributed by atoms with Crippen molar-refractivity contribution in [1.29, 1.82) is 0 Å². The molecule has 0 bridgehead atoms. The molecule has 0 radical (unpaired) electrons. The zero-order valence-corrected chi connectivity index (χ0v) is 12.0. The first-order chi connectivity index (χ1) is 10.3. The average molecular weight is 282 g/mol. The van der Waals surface area contributed by atoms with Crippen LogP contribution >= 0.6 is 0 Å². The monoisotopic (exact) mass is 282 g/mol. The average Bonchev–Trinajstić information content (AvgIpc) is 2.54. The van der Waals surface area contributed by atoms with Gasteiger partial charge < -0.3 is 4.74 Å². The Labute approximate surface area is 124 Å². The summed E-state index contributed by atoms with van der Waals surface area (Å²) >= 11 is 0. The predicted octanol–water partition coefficient (Wildman–Crippen LogP) is 5.06. The maximum absolute atomic E-state index is 11.7. The minimum absolute atomic E-state index is 0.296. The lowest BCUT2D eigenvalue weighted by atomic mass is 10.2. The number of carbonyl (C=O) groups excluding carboxylic acids is 1. The third-order valence-electron chi connectivity index (χ3n) is 2.87. The molecule has 0 aliphatic carbocycles. The summed E-state index contributed by atoms with van der Waals surface area (Å²) in [6, 6.07) is 16.4.